The molecule has 180 valence electrons. The van der Waals surface area contributed by atoms with Gasteiger partial charge in [0.25, 0.3) is 0 Å². The van der Waals surface area contributed by atoms with E-state index in [0.29, 0.717) is 13.0 Å². The minimum Gasteiger partial charge on any atom is -0.333 e. The predicted molar refractivity (Wildman–Crippen MR) is 132 cm³/mol. The Bertz CT molecular complexity index is 1190. The number of carbonyl (C=O) groups excluding carboxylic acids is 3. The van der Waals surface area contributed by atoms with E-state index in [0.717, 1.165) is 35.5 Å². The number of carbonyl (C=O) groups is 3. The fourth-order valence-corrected chi connectivity index (χ4v) is 6.05. The van der Waals surface area contributed by atoms with E-state index in [2.05, 4.69) is 9.97 Å². The predicted octanol–water partition coefficient (Wildman–Crippen LogP) is 3.92. The molecule has 8 heteroatoms. The highest BCUT2D eigenvalue weighted by molar-refractivity contribution is 7.09. The van der Waals surface area contributed by atoms with E-state index in [9.17, 15) is 14.4 Å². The van der Waals surface area contributed by atoms with Crippen molar-refractivity contribution in [1.82, 2.24) is 19.8 Å². The maximum atomic E-state index is 13.9. The first-order chi connectivity index (χ1) is 17.1. The van der Waals surface area contributed by atoms with Crippen LogP contribution in [0.4, 0.5) is 0 Å². The molecule has 2 fully saturated rings. The van der Waals surface area contributed by atoms with Gasteiger partial charge in [0.05, 0.1) is 11.5 Å². The van der Waals surface area contributed by atoms with Crippen LogP contribution in [-0.4, -0.2) is 50.6 Å². The van der Waals surface area contributed by atoms with E-state index < -0.39 is 5.41 Å². The van der Waals surface area contributed by atoms with E-state index in [1.54, 1.807) is 23.7 Å². The molecule has 0 unspecified atom stereocenters. The number of imide groups is 1. The number of hydrogen-bond acceptors (Lipinski definition) is 6. The Morgan fingerprint density at radius 1 is 1.03 bits per heavy atom. The van der Waals surface area contributed by atoms with Gasteiger partial charge in [-0.3, -0.25) is 24.3 Å². The summed E-state index contributed by atoms with van der Waals surface area (Å²) >= 11 is 1.55. The molecule has 3 aromatic rings. The van der Waals surface area contributed by atoms with Crippen molar-refractivity contribution in [3.63, 3.8) is 0 Å². The fourth-order valence-electron chi connectivity index (χ4n) is 5.27. The van der Waals surface area contributed by atoms with Gasteiger partial charge in [0.2, 0.25) is 17.7 Å². The number of amides is 3. The van der Waals surface area contributed by atoms with Crippen LogP contribution in [0.1, 0.15) is 54.4 Å². The molecule has 0 N–H and O–H groups in total. The number of aromatic nitrogens is 2. The molecular formula is C27H28N4O3S. The standard InChI is InChI=1S/C27H28N4O3S/c32-23(30-15-7-5-11-22(30)25-29-14-17-35-25)18-27(20-8-2-1-3-9-20)19-24(33)31(26(27)34)16-12-21-10-4-6-13-28-21/h1-4,6,8-10,13-14,17,22H,5,7,11-12,15-16,18-19H2/t22-,27-/m0/s1. The normalized spacial score (nSPS) is 22.6. The van der Waals surface area contributed by atoms with Crippen molar-refractivity contribution >= 4 is 29.1 Å². The number of likely N-dealkylation sites (tertiary alicyclic amines) is 2. The van der Waals surface area contributed by atoms with Gasteiger partial charge in [-0.05, 0) is 37.0 Å². The highest BCUT2D eigenvalue weighted by atomic mass is 32.1. The monoisotopic (exact) mass is 488 g/mol. The third-order valence-corrected chi connectivity index (χ3v) is 7.94. The van der Waals surface area contributed by atoms with E-state index in [1.807, 2.05) is 58.8 Å². The van der Waals surface area contributed by atoms with Crippen molar-refractivity contribution in [2.24, 2.45) is 0 Å². The van der Waals surface area contributed by atoms with Gasteiger partial charge < -0.3 is 4.90 Å². The minimum absolute atomic E-state index is 0.000433. The van der Waals surface area contributed by atoms with Gasteiger partial charge in [0.15, 0.2) is 0 Å². The molecule has 0 radical (unpaired) electrons. The quantitative estimate of drug-likeness (QED) is 0.471. The molecular weight excluding hydrogens is 460 g/mol. The SMILES string of the molecule is O=C1C[C@@](CC(=O)N2CCCC[C@H]2c2nccs2)(c2ccccc2)C(=O)N1CCc1ccccn1. The Kier molecular flexibility index (Phi) is 6.72. The first kappa shape index (κ1) is 23.4. The molecule has 7 nitrogen and oxygen atoms in total. The molecule has 5 rings (SSSR count). The summed E-state index contributed by atoms with van der Waals surface area (Å²) in [4.78, 5) is 52.8. The lowest BCUT2D eigenvalue weighted by Gasteiger charge is -2.37. The Hall–Kier alpha value is -3.39. The van der Waals surface area contributed by atoms with Gasteiger partial charge in [-0.2, -0.15) is 0 Å². The molecule has 4 heterocycles. The Labute approximate surface area is 208 Å². The molecule has 2 atom stereocenters. The summed E-state index contributed by atoms with van der Waals surface area (Å²) in [6.07, 6.45) is 6.75. The van der Waals surface area contributed by atoms with Crippen LogP contribution in [0.15, 0.2) is 66.3 Å². The lowest BCUT2D eigenvalue weighted by Crippen LogP contribution is -2.45. The Morgan fingerprint density at radius 2 is 1.86 bits per heavy atom. The topological polar surface area (TPSA) is 83.5 Å². The van der Waals surface area contributed by atoms with Crippen LogP contribution in [0.5, 0.6) is 0 Å². The van der Waals surface area contributed by atoms with Crippen molar-refractivity contribution in [3.8, 4) is 0 Å². The summed E-state index contributed by atoms with van der Waals surface area (Å²) in [5.74, 6) is -0.625. The summed E-state index contributed by atoms with van der Waals surface area (Å²) in [5.41, 5.74) is 0.348. The second kappa shape index (κ2) is 10.1. The summed E-state index contributed by atoms with van der Waals surface area (Å²) in [5, 5.41) is 2.86. The summed E-state index contributed by atoms with van der Waals surface area (Å²) in [6.45, 7) is 0.891. The van der Waals surface area contributed by atoms with E-state index in [-0.39, 0.29) is 43.1 Å². The van der Waals surface area contributed by atoms with E-state index in [4.69, 9.17) is 0 Å². The molecule has 3 amide bonds. The van der Waals surface area contributed by atoms with Crippen LogP contribution in [0.2, 0.25) is 0 Å². The molecule has 0 spiro atoms. The Morgan fingerprint density at radius 3 is 2.60 bits per heavy atom. The number of nitrogens with zero attached hydrogens (tertiary/aromatic N) is 4. The van der Waals surface area contributed by atoms with Crippen LogP contribution < -0.4 is 0 Å². The molecule has 0 saturated carbocycles. The number of thiazole rings is 1. The molecule has 0 aliphatic carbocycles. The zero-order valence-corrected chi connectivity index (χ0v) is 20.3. The number of piperidine rings is 1. The number of hydrogen-bond donors (Lipinski definition) is 0. The van der Waals surface area contributed by atoms with Crippen molar-refractivity contribution in [2.45, 2.75) is 50.0 Å². The number of rotatable bonds is 7. The molecule has 2 aromatic heterocycles. The van der Waals surface area contributed by atoms with Gasteiger partial charge in [-0.15, -0.1) is 11.3 Å². The van der Waals surface area contributed by atoms with Gasteiger partial charge in [0, 0.05) is 55.8 Å². The molecule has 1 aromatic carbocycles. The molecule has 0 bridgehead atoms. The van der Waals surface area contributed by atoms with Crippen LogP contribution in [0.25, 0.3) is 0 Å². The first-order valence-corrected chi connectivity index (χ1v) is 13.0. The smallest absolute Gasteiger partial charge is 0.240 e. The highest BCUT2D eigenvalue weighted by Crippen LogP contribution is 2.42. The van der Waals surface area contributed by atoms with Crippen LogP contribution >= 0.6 is 11.3 Å². The lowest BCUT2D eigenvalue weighted by molar-refractivity contribution is -0.144. The number of benzene rings is 1. The largest absolute Gasteiger partial charge is 0.333 e. The van der Waals surface area contributed by atoms with Gasteiger partial charge in [0.1, 0.15) is 5.01 Å². The average molecular weight is 489 g/mol. The van der Waals surface area contributed by atoms with Crippen LogP contribution in [0, 0.1) is 0 Å². The van der Waals surface area contributed by atoms with Crippen LogP contribution in [-0.2, 0) is 26.2 Å². The minimum atomic E-state index is -1.19. The summed E-state index contributed by atoms with van der Waals surface area (Å²) in [7, 11) is 0. The van der Waals surface area contributed by atoms with Gasteiger partial charge >= 0.3 is 0 Å². The third kappa shape index (κ3) is 4.62. The Balaban J connectivity index is 1.42. The van der Waals surface area contributed by atoms with Crippen molar-refractivity contribution in [2.75, 3.05) is 13.1 Å². The molecule has 2 aliphatic rings. The maximum Gasteiger partial charge on any atom is 0.240 e. The number of pyridine rings is 1. The third-order valence-electron chi connectivity index (χ3n) is 7.07. The zero-order valence-electron chi connectivity index (χ0n) is 19.5. The summed E-state index contributed by atoms with van der Waals surface area (Å²) < 4.78 is 0. The van der Waals surface area contributed by atoms with Crippen LogP contribution in [0.3, 0.4) is 0 Å². The zero-order chi connectivity index (χ0) is 24.3. The molecule has 2 aliphatic heterocycles. The maximum absolute atomic E-state index is 13.9. The first-order valence-electron chi connectivity index (χ1n) is 12.1. The summed E-state index contributed by atoms with van der Waals surface area (Å²) in [6, 6.07) is 14.8. The lowest BCUT2D eigenvalue weighted by atomic mass is 9.75. The van der Waals surface area contributed by atoms with Crippen molar-refractivity contribution in [1.29, 1.82) is 0 Å². The van der Waals surface area contributed by atoms with Crippen molar-refractivity contribution in [3.05, 3.63) is 82.6 Å². The van der Waals surface area contributed by atoms with Gasteiger partial charge in [-0.1, -0.05) is 36.4 Å². The van der Waals surface area contributed by atoms with E-state index >= 15 is 0 Å². The van der Waals surface area contributed by atoms with E-state index in [1.165, 1.54) is 4.90 Å². The second-order valence-electron chi connectivity index (χ2n) is 9.19. The van der Waals surface area contributed by atoms with Crippen molar-refractivity contribution < 1.29 is 14.4 Å². The second-order valence-corrected chi connectivity index (χ2v) is 10.1. The fraction of sp³-hybridized carbons (Fsp3) is 0.370. The highest BCUT2D eigenvalue weighted by Gasteiger charge is 2.54. The average Bonchev–Trinajstić information content (AvgIpc) is 3.51. The van der Waals surface area contributed by atoms with Gasteiger partial charge in [-0.25, -0.2) is 4.98 Å². The molecule has 35 heavy (non-hydrogen) atoms. The molecule has 2 saturated heterocycles.